The summed E-state index contributed by atoms with van der Waals surface area (Å²) in [5.74, 6) is 0.798. The minimum absolute atomic E-state index is 0.129. The van der Waals surface area contributed by atoms with Gasteiger partial charge in [0.2, 0.25) is 0 Å². The average molecular weight is 430 g/mol. The van der Waals surface area contributed by atoms with Crippen LogP contribution in [0.15, 0.2) is 53.5 Å². The zero-order chi connectivity index (χ0) is 21.2. The van der Waals surface area contributed by atoms with E-state index >= 15 is 0 Å². The van der Waals surface area contributed by atoms with Gasteiger partial charge in [-0.15, -0.1) is 0 Å². The number of nitrogens with one attached hydrogen (secondary N) is 2. The number of benzene rings is 2. The lowest BCUT2D eigenvalue weighted by Gasteiger charge is -2.22. The third-order valence-electron chi connectivity index (χ3n) is 5.16. The van der Waals surface area contributed by atoms with Crippen molar-refractivity contribution in [1.29, 1.82) is 0 Å². The van der Waals surface area contributed by atoms with Crippen molar-refractivity contribution in [2.24, 2.45) is 4.99 Å². The van der Waals surface area contributed by atoms with Crippen LogP contribution in [0, 0.1) is 0 Å². The first kappa shape index (κ1) is 22.6. The second-order valence-corrected chi connectivity index (χ2v) is 7.99. The van der Waals surface area contributed by atoms with Gasteiger partial charge in [0.25, 0.3) is 0 Å². The molecule has 6 heteroatoms. The largest absolute Gasteiger partial charge is 0.381 e. The van der Waals surface area contributed by atoms with Crippen LogP contribution < -0.4 is 10.6 Å². The number of ether oxygens (including phenoxy) is 2. The molecule has 30 heavy (non-hydrogen) atoms. The number of hydrogen-bond donors (Lipinski definition) is 2. The van der Waals surface area contributed by atoms with E-state index in [1.165, 1.54) is 16.7 Å². The molecule has 2 aromatic carbocycles. The Morgan fingerprint density at radius 1 is 1.10 bits per heavy atom. The SMILES string of the molecule is CCNC(=NCc1ccc(COC2CCOCC2)cc1)NC(C)c1ccc(Cl)cc1. The van der Waals surface area contributed by atoms with E-state index in [4.69, 9.17) is 26.1 Å². The minimum atomic E-state index is 0.129. The summed E-state index contributed by atoms with van der Waals surface area (Å²) in [4.78, 5) is 4.74. The highest BCUT2D eigenvalue weighted by atomic mass is 35.5. The number of rotatable bonds is 8. The smallest absolute Gasteiger partial charge is 0.192 e. The molecule has 0 radical (unpaired) electrons. The summed E-state index contributed by atoms with van der Waals surface area (Å²) >= 11 is 5.99. The lowest BCUT2D eigenvalue weighted by Crippen LogP contribution is -2.38. The van der Waals surface area contributed by atoms with Crippen molar-refractivity contribution in [3.05, 3.63) is 70.2 Å². The van der Waals surface area contributed by atoms with Gasteiger partial charge in [-0.2, -0.15) is 0 Å². The first-order valence-corrected chi connectivity index (χ1v) is 11.1. The van der Waals surface area contributed by atoms with E-state index in [1.807, 2.05) is 24.3 Å². The number of nitrogens with zero attached hydrogens (tertiary/aromatic N) is 1. The summed E-state index contributed by atoms with van der Waals surface area (Å²) in [7, 11) is 0. The first-order chi connectivity index (χ1) is 14.6. The molecule has 0 aliphatic carbocycles. The van der Waals surface area contributed by atoms with Gasteiger partial charge in [0, 0.05) is 24.8 Å². The molecule has 0 aromatic heterocycles. The van der Waals surface area contributed by atoms with Crippen LogP contribution in [0.2, 0.25) is 5.02 Å². The van der Waals surface area contributed by atoms with Crippen molar-refractivity contribution >= 4 is 17.6 Å². The van der Waals surface area contributed by atoms with Crippen LogP contribution in [0.25, 0.3) is 0 Å². The Bertz CT molecular complexity index is 787. The quantitative estimate of drug-likeness (QED) is 0.465. The zero-order valence-electron chi connectivity index (χ0n) is 17.9. The lowest BCUT2D eigenvalue weighted by molar-refractivity contribution is -0.0390. The molecule has 2 N–H and O–H groups in total. The molecular formula is C24H32ClN3O2. The second-order valence-electron chi connectivity index (χ2n) is 7.55. The predicted octanol–water partition coefficient (Wildman–Crippen LogP) is 4.85. The lowest BCUT2D eigenvalue weighted by atomic mass is 10.1. The van der Waals surface area contributed by atoms with Gasteiger partial charge in [-0.3, -0.25) is 0 Å². The Morgan fingerprint density at radius 3 is 2.43 bits per heavy atom. The van der Waals surface area contributed by atoms with Gasteiger partial charge in [0.05, 0.1) is 25.3 Å². The van der Waals surface area contributed by atoms with Crippen molar-refractivity contribution in [2.45, 2.75) is 52.0 Å². The highest BCUT2D eigenvalue weighted by molar-refractivity contribution is 6.30. The third kappa shape index (κ3) is 7.31. The monoisotopic (exact) mass is 429 g/mol. The van der Waals surface area contributed by atoms with E-state index in [2.05, 4.69) is 48.7 Å². The van der Waals surface area contributed by atoms with Crippen molar-refractivity contribution < 1.29 is 9.47 Å². The van der Waals surface area contributed by atoms with Crippen molar-refractivity contribution in [2.75, 3.05) is 19.8 Å². The highest BCUT2D eigenvalue weighted by Crippen LogP contribution is 2.16. The molecule has 1 unspecified atom stereocenters. The van der Waals surface area contributed by atoms with Crippen LogP contribution in [0.4, 0.5) is 0 Å². The van der Waals surface area contributed by atoms with Gasteiger partial charge in [-0.25, -0.2) is 4.99 Å². The Hall–Kier alpha value is -2.08. The molecular weight excluding hydrogens is 398 g/mol. The number of halogens is 1. The highest BCUT2D eigenvalue weighted by Gasteiger charge is 2.14. The van der Waals surface area contributed by atoms with Gasteiger partial charge in [-0.05, 0) is 55.5 Å². The van der Waals surface area contributed by atoms with Gasteiger partial charge in [0.15, 0.2) is 5.96 Å². The third-order valence-corrected chi connectivity index (χ3v) is 5.42. The van der Waals surface area contributed by atoms with E-state index in [-0.39, 0.29) is 6.04 Å². The number of guanidine groups is 1. The Kier molecular flexibility index (Phi) is 9.00. The summed E-state index contributed by atoms with van der Waals surface area (Å²) in [5, 5.41) is 7.52. The van der Waals surface area contributed by atoms with E-state index in [0.717, 1.165) is 43.6 Å². The number of aliphatic imine (C=N–C) groups is 1. The van der Waals surface area contributed by atoms with Crippen molar-refractivity contribution in [1.82, 2.24) is 10.6 Å². The molecule has 0 spiro atoms. The fraction of sp³-hybridized carbons (Fsp3) is 0.458. The summed E-state index contributed by atoms with van der Waals surface area (Å²) in [5.41, 5.74) is 3.52. The summed E-state index contributed by atoms with van der Waals surface area (Å²) in [6, 6.07) is 16.5. The van der Waals surface area contributed by atoms with Crippen molar-refractivity contribution in [3.63, 3.8) is 0 Å². The standard InChI is InChI=1S/C24H32ClN3O2/c1-3-26-24(28-18(2)21-8-10-22(25)11-9-21)27-16-19-4-6-20(7-5-19)17-30-23-12-14-29-15-13-23/h4-11,18,23H,3,12-17H2,1-2H3,(H2,26,27,28). The van der Waals surface area contributed by atoms with Gasteiger partial charge < -0.3 is 20.1 Å². The Morgan fingerprint density at radius 2 is 1.77 bits per heavy atom. The molecule has 1 saturated heterocycles. The van der Waals surface area contributed by atoms with Crippen LogP contribution in [-0.2, 0) is 22.6 Å². The molecule has 5 nitrogen and oxygen atoms in total. The average Bonchev–Trinajstić information content (AvgIpc) is 2.78. The van der Waals surface area contributed by atoms with Crippen molar-refractivity contribution in [3.8, 4) is 0 Å². The normalized spacial score (nSPS) is 16.3. The molecule has 162 valence electrons. The molecule has 1 atom stereocenters. The minimum Gasteiger partial charge on any atom is -0.381 e. The molecule has 1 heterocycles. The van der Waals surface area contributed by atoms with Crippen LogP contribution in [0.5, 0.6) is 0 Å². The zero-order valence-corrected chi connectivity index (χ0v) is 18.6. The number of hydrogen-bond acceptors (Lipinski definition) is 3. The van der Waals surface area contributed by atoms with Gasteiger partial charge in [0.1, 0.15) is 0 Å². The van der Waals surface area contributed by atoms with Crippen LogP contribution in [0.3, 0.4) is 0 Å². The molecule has 0 amide bonds. The Labute approximate surface area is 184 Å². The maximum atomic E-state index is 6.00. The van der Waals surface area contributed by atoms with E-state index in [1.54, 1.807) is 0 Å². The molecule has 0 saturated carbocycles. The molecule has 0 bridgehead atoms. The first-order valence-electron chi connectivity index (χ1n) is 10.7. The molecule has 1 fully saturated rings. The molecule has 1 aliphatic heterocycles. The summed E-state index contributed by atoms with van der Waals surface area (Å²) in [6.07, 6.45) is 2.29. The van der Waals surface area contributed by atoms with Crippen LogP contribution in [0.1, 0.15) is 49.4 Å². The maximum Gasteiger partial charge on any atom is 0.192 e. The molecule has 1 aliphatic rings. The molecule has 3 rings (SSSR count). The second kappa shape index (κ2) is 11.9. The van der Waals surface area contributed by atoms with Gasteiger partial charge >= 0.3 is 0 Å². The fourth-order valence-electron chi connectivity index (χ4n) is 3.33. The topological polar surface area (TPSA) is 54.9 Å². The summed E-state index contributed by atoms with van der Waals surface area (Å²) < 4.78 is 11.4. The Balaban J connectivity index is 1.52. The van der Waals surface area contributed by atoms with E-state index in [0.29, 0.717) is 19.3 Å². The van der Waals surface area contributed by atoms with E-state index in [9.17, 15) is 0 Å². The summed E-state index contributed by atoms with van der Waals surface area (Å²) in [6.45, 7) is 7.87. The van der Waals surface area contributed by atoms with Crippen LogP contribution in [-0.4, -0.2) is 31.8 Å². The maximum absolute atomic E-state index is 6.00. The van der Waals surface area contributed by atoms with Crippen LogP contribution >= 0.6 is 11.6 Å². The van der Waals surface area contributed by atoms with E-state index < -0.39 is 0 Å². The fourth-order valence-corrected chi connectivity index (χ4v) is 3.45. The molecule has 2 aromatic rings. The predicted molar refractivity (Wildman–Crippen MR) is 123 cm³/mol. The van der Waals surface area contributed by atoms with Gasteiger partial charge in [-0.1, -0.05) is 48.0 Å².